The van der Waals surface area contributed by atoms with Gasteiger partial charge in [-0.2, -0.15) is 0 Å². The number of aliphatic hydroxyl groups excluding tert-OH is 1. The Morgan fingerprint density at radius 1 is 1.22 bits per heavy atom. The highest BCUT2D eigenvalue weighted by molar-refractivity contribution is 8.02. The molecule has 1 aromatic heterocycles. The summed E-state index contributed by atoms with van der Waals surface area (Å²) in [7, 11) is 0. The lowest BCUT2D eigenvalue weighted by atomic mass is 9.66. The van der Waals surface area contributed by atoms with Gasteiger partial charge in [0.05, 0.1) is 28.7 Å². The number of para-hydroxylation sites is 1. The van der Waals surface area contributed by atoms with E-state index in [2.05, 4.69) is 23.5 Å². The maximum Gasteiger partial charge on any atom is 0.311 e. The topological polar surface area (TPSA) is 118 Å². The van der Waals surface area contributed by atoms with Gasteiger partial charge >= 0.3 is 5.97 Å². The van der Waals surface area contributed by atoms with Crippen LogP contribution in [0.3, 0.4) is 0 Å². The molecule has 2 aromatic rings. The number of nitrogens with zero attached hydrogens (tertiary/aromatic N) is 5. The van der Waals surface area contributed by atoms with E-state index in [0.29, 0.717) is 32.2 Å². The summed E-state index contributed by atoms with van der Waals surface area (Å²) in [6.07, 6.45) is 7.33. The van der Waals surface area contributed by atoms with Gasteiger partial charge in [-0.15, -0.1) is 30.0 Å². The van der Waals surface area contributed by atoms with E-state index < -0.39 is 27.4 Å². The Bertz CT molecular complexity index is 1330. The molecule has 1 spiro atoms. The molecule has 0 aliphatic carbocycles. The van der Waals surface area contributed by atoms with Gasteiger partial charge in [0, 0.05) is 24.4 Å². The molecular weight excluding hydrogens is 542 g/mol. The molecule has 3 aliphatic rings. The van der Waals surface area contributed by atoms with Crippen LogP contribution in [0.5, 0.6) is 0 Å². The average molecular weight is 582 g/mol. The molecule has 220 valence electrons. The SMILES string of the molecule is C=CCCCOC(=O)[C@H]1[C@H]2C(=O)N(CCCCO)C(C(=O)N(CC=C)Cn3nnc4ccccc43)C23CC[C@]1(C)S3. The minimum atomic E-state index is -0.751. The molecule has 3 fully saturated rings. The molecule has 2 bridgehead atoms. The van der Waals surface area contributed by atoms with Crippen LogP contribution in [0, 0.1) is 11.8 Å². The van der Waals surface area contributed by atoms with Gasteiger partial charge < -0.3 is 19.6 Å². The van der Waals surface area contributed by atoms with Crippen molar-refractivity contribution in [1.82, 2.24) is 24.8 Å². The Balaban J connectivity index is 1.48. The van der Waals surface area contributed by atoms with Crippen molar-refractivity contribution in [3.05, 3.63) is 49.6 Å². The number of carbonyl (C=O) groups is 3. The number of unbranched alkanes of at least 4 members (excludes halogenated alkanes) is 2. The maximum absolute atomic E-state index is 14.6. The normalized spacial score (nSPS) is 28.2. The molecule has 10 nitrogen and oxygen atoms in total. The van der Waals surface area contributed by atoms with E-state index in [1.807, 2.05) is 31.2 Å². The molecule has 4 heterocycles. The molecule has 3 saturated heterocycles. The van der Waals surface area contributed by atoms with Crippen LogP contribution in [-0.2, 0) is 25.8 Å². The van der Waals surface area contributed by atoms with E-state index in [-0.39, 0.29) is 44.2 Å². The van der Waals surface area contributed by atoms with E-state index in [1.165, 1.54) is 0 Å². The zero-order valence-corrected chi connectivity index (χ0v) is 24.4. The number of aliphatic hydroxyl groups is 1. The van der Waals surface area contributed by atoms with Crippen LogP contribution < -0.4 is 0 Å². The van der Waals surface area contributed by atoms with Crippen molar-refractivity contribution in [2.45, 2.75) is 67.7 Å². The quantitative estimate of drug-likeness (QED) is 0.205. The second-order valence-corrected chi connectivity index (χ2v) is 13.3. The van der Waals surface area contributed by atoms with E-state index in [1.54, 1.807) is 38.4 Å². The summed E-state index contributed by atoms with van der Waals surface area (Å²) >= 11 is 1.62. The van der Waals surface area contributed by atoms with Crippen molar-refractivity contribution < 1.29 is 24.2 Å². The van der Waals surface area contributed by atoms with Gasteiger partial charge in [0.1, 0.15) is 18.2 Å². The highest BCUT2D eigenvalue weighted by Crippen LogP contribution is 2.71. The molecule has 3 aliphatic heterocycles. The summed E-state index contributed by atoms with van der Waals surface area (Å²) in [5.74, 6) is -1.98. The molecule has 0 radical (unpaired) electrons. The number of esters is 1. The summed E-state index contributed by atoms with van der Waals surface area (Å²) in [6, 6.07) is 6.80. The van der Waals surface area contributed by atoms with Crippen molar-refractivity contribution in [1.29, 1.82) is 0 Å². The lowest BCUT2D eigenvalue weighted by Gasteiger charge is -2.37. The Morgan fingerprint density at radius 2 is 2.02 bits per heavy atom. The highest BCUT2D eigenvalue weighted by atomic mass is 32.2. The fraction of sp³-hybridized carbons (Fsp3) is 0.567. The summed E-state index contributed by atoms with van der Waals surface area (Å²) in [4.78, 5) is 45.6. The Kier molecular flexibility index (Phi) is 8.56. The van der Waals surface area contributed by atoms with Crippen molar-refractivity contribution in [2.75, 3.05) is 26.3 Å². The van der Waals surface area contributed by atoms with Gasteiger partial charge in [-0.05, 0) is 57.6 Å². The van der Waals surface area contributed by atoms with Gasteiger partial charge in [0.2, 0.25) is 11.8 Å². The molecule has 2 unspecified atom stereocenters. The summed E-state index contributed by atoms with van der Waals surface area (Å²) in [5, 5.41) is 17.9. The number of thioether (sulfide) groups is 1. The minimum Gasteiger partial charge on any atom is -0.465 e. The number of likely N-dealkylation sites (tertiary alicyclic amines) is 1. The number of fused-ring (bicyclic) bond motifs is 2. The molecule has 11 heteroatoms. The van der Waals surface area contributed by atoms with Gasteiger partial charge in [0.15, 0.2) is 0 Å². The molecular formula is C30H39N5O5S. The number of hydrogen-bond donors (Lipinski definition) is 1. The third-order valence-electron chi connectivity index (χ3n) is 8.75. The van der Waals surface area contributed by atoms with Crippen LogP contribution in [-0.4, -0.2) is 89.5 Å². The van der Waals surface area contributed by atoms with Gasteiger partial charge in [0.25, 0.3) is 0 Å². The Morgan fingerprint density at radius 3 is 2.78 bits per heavy atom. The fourth-order valence-electron chi connectivity index (χ4n) is 6.92. The monoisotopic (exact) mass is 581 g/mol. The molecule has 1 aromatic carbocycles. The van der Waals surface area contributed by atoms with E-state index in [4.69, 9.17) is 4.74 Å². The number of carbonyl (C=O) groups excluding carboxylic acids is 3. The van der Waals surface area contributed by atoms with Crippen molar-refractivity contribution in [3.63, 3.8) is 0 Å². The fourth-order valence-corrected chi connectivity index (χ4v) is 9.26. The summed E-state index contributed by atoms with van der Waals surface area (Å²) < 4.78 is 6.15. The Hall–Kier alpha value is -3.18. The highest BCUT2D eigenvalue weighted by Gasteiger charge is 2.77. The number of hydrogen-bond acceptors (Lipinski definition) is 8. The third-order valence-corrected chi connectivity index (χ3v) is 10.7. The van der Waals surface area contributed by atoms with Crippen molar-refractivity contribution in [2.24, 2.45) is 11.8 Å². The molecule has 0 saturated carbocycles. The maximum atomic E-state index is 14.6. The van der Waals surface area contributed by atoms with Crippen molar-refractivity contribution in [3.8, 4) is 0 Å². The number of amides is 2. The van der Waals surface area contributed by atoms with Gasteiger partial charge in [-0.25, -0.2) is 4.68 Å². The zero-order valence-electron chi connectivity index (χ0n) is 23.6. The second-order valence-electron chi connectivity index (χ2n) is 11.4. The smallest absolute Gasteiger partial charge is 0.311 e. The van der Waals surface area contributed by atoms with E-state index in [9.17, 15) is 19.5 Å². The predicted octanol–water partition coefficient (Wildman–Crippen LogP) is 3.17. The van der Waals surface area contributed by atoms with Crippen LogP contribution >= 0.6 is 11.8 Å². The lowest BCUT2D eigenvalue weighted by Crippen LogP contribution is -2.55. The largest absolute Gasteiger partial charge is 0.465 e. The molecule has 5 atom stereocenters. The number of aromatic nitrogens is 3. The van der Waals surface area contributed by atoms with Crippen LogP contribution in [0.1, 0.15) is 45.4 Å². The predicted molar refractivity (Wildman–Crippen MR) is 157 cm³/mol. The first-order valence-corrected chi connectivity index (χ1v) is 15.2. The molecule has 2 amide bonds. The average Bonchev–Trinajstić information content (AvgIpc) is 3.66. The summed E-state index contributed by atoms with van der Waals surface area (Å²) in [5.41, 5.74) is 1.53. The number of benzene rings is 1. The first-order valence-electron chi connectivity index (χ1n) is 14.4. The molecule has 1 N–H and O–H groups in total. The number of rotatable bonds is 14. The standard InChI is InChI=1S/C30H39N5O5S/c1-4-6-11-19-40-28(39)24-23-26(37)34(17-9-10-18-36)25(30(23)15-14-29(24,3)41-30)27(38)33(16-5-2)20-35-22-13-8-7-12-21(22)31-32-35/h4-5,7-8,12-13,23-25,36H,1-2,6,9-11,14-20H2,3H3/t23-,24+,25?,29-,30?/m0/s1. The van der Waals surface area contributed by atoms with Crippen molar-refractivity contribution >= 4 is 40.6 Å². The van der Waals surface area contributed by atoms with Crippen LogP contribution in [0.15, 0.2) is 49.6 Å². The van der Waals surface area contributed by atoms with E-state index >= 15 is 0 Å². The molecule has 41 heavy (non-hydrogen) atoms. The van der Waals surface area contributed by atoms with Gasteiger partial charge in [-0.3, -0.25) is 14.4 Å². The minimum absolute atomic E-state index is 0.00363. The first-order chi connectivity index (χ1) is 19.8. The van der Waals surface area contributed by atoms with Crippen LogP contribution in [0.4, 0.5) is 0 Å². The first kappa shape index (κ1) is 29.3. The second kappa shape index (κ2) is 12.0. The third kappa shape index (κ3) is 5.07. The van der Waals surface area contributed by atoms with Gasteiger partial charge in [-0.1, -0.05) is 29.5 Å². The van der Waals surface area contributed by atoms with Crippen LogP contribution in [0.2, 0.25) is 0 Å². The summed E-state index contributed by atoms with van der Waals surface area (Å²) in [6.45, 7) is 10.7. The van der Waals surface area contributed by atoms with Crippen LogP contribution in [0.25, 0.3) is 11.0 Å². The van der Waals surface area contributed by atoms with E-state index in [0.717, 1.165) is 23.9 Å². The molecule has 5 rings (SSSR count). The number of allylic oxidation sites excluding steroid dienone is 1. The zero-order chi connectivity index (χ0) is 29.2. The Labute approximate surface area is 244 Å². The lowest BCUT2D eigenvalue weighted by molar-refractivity contribution is -0.155. The number of ether oxygens (including phenoxy) is 1.